The Labute approximate surface area is 100 Å². The third-order valence-corrected chi connectivity index (χ3v) is 2.89. The number of hydrogen-bond donors (Lipinski definition) is 1. The van der Waals surface area contributed by atoms with Crippen molar-refractivity contribution in [2.24, 2.45) is 7.05 Å². The summed E-state index contributed by atoms with van der Waals surface area (Å²) < 4.78 is 5.51. The third-order valence-electron chi connectivity index (χ3n) is 2.89. The number of aromatic nitrogens is 4. The van der Waals surface area contributed by atoms with E-state index in [1.165, 1.54) is 4.80 Å². The van der Waals surface area contributed by atoms with E-state index >= 15 is 0 Å². The number of aliphatic hydroxyl groups excluding tert-OH is 1. The van der Waals surface area contributed by atoms with Crippen molar-refractivity contribution in [3.8, 4) is 0 Å². The van der Waals surface area contributed by atoms with E-state index in [2.05, 4.69) is 20.3 Å². The minimum atomic E-state index is 0.101. The molecule has 17 heavy (non-hydrogen) atoms. The zero-order valence-corrected chi connectivity index (χ0v) is 10.1. The van der Waals surface area contributed by atoms with Gasteiger partial charge >= 0.3 is 0 Å². The predicted octanol–water partition coefficient (Wildman–Crippen LogP) is -0.817. The van der Waals surface area contributed by atoms with Gasteiger partial charge in [-0.15, -0.1) is 10.2 Å². The molecule has 0 unspecified atom stereocenters. The average Bonchev–Trinajstić information content (AvgIpc) is 2.74. The zero-order chi connectivity index (χ0) is 12.1. The van der Waals surface area contributed by atoms with Crippen molar-refractivity contribution in [1.82, 2.24) is 25.1 Å². The van der Waals surface area contributed by atoms with E-state index in [1.807, 2.05) is 0 Å². The normalized spacial score (nSPS) is 18.7. The Bertz CT molecular complexity index is 335. The minimum Gasteiger partial charge on any atom is -0.394 e. The molecule has 1 aromatic heterocycles. The van der Waals surface area contributed by atoms with Crippen LogP contribution in [0.3, 0.4) is 0 Å². The van der Waals surface area contributed by atoms with Gasteiger partial charge in [-0.2, -0.15) is 4.80 Å². The van der Waals surface area contributed by atoms with Crippen LogP contribution in [0, 0.1) is 0 Å². The molecule has 1 aliphatic heterocycles. The topological polar surface area (TPSA) is 76.3 Å². The largest absolute Gasteiger partial charge is 0.394 e. The molecule has 2 rings (SSSR count). The van der Waals surface area contributed by atoms with Crippen LogP contribution >= 0.6 is 0 Å². The Morgan fingerprint density at radius 1 is 1.41 bits per heavy atom. The van der Waals surface area contributed by atoms with Crippen LogP contribution in [0.25, 0.3) is 0 Å². The lowest BCUT2D eigenvalue weighted by molar-refractivity contribution is -0.00939. The maximum atomic E-state index is 8.68. The fourth-order valence-corrected chi connectivity index (χ4v) is 2.04. The van der Waals surface area contributed by atoms with E-state index in [4.69, 9.17) is 9.84 Å². The number of tetrazole rings is 1. The summed E-state index contributed by atoms with van der Waals surface area (Å²) >= 11 is 0. The molecule has 0 amide bonds. The van der Waals surface area contributed by atoms with Gasteiger partial charge in [0, 0.05) is 13.1 Å². The second kappa shape index (κ2) is 6.04. The van der Waals surface area contributed by atoms with Crippen molar-refractivity contribution >= 4 is 0 Å². The molecule has 1 N–H and O–H groups in total. The van der Waals surface area contributed by atoms with Gasteiger partial charge in [0.05, 0.1) is 32.9 Å². The number of aliphatic hydroxyl groups is 1. The van der Waals surface area contributed by atoms with E-state index in [-0.39, 0.29) is 12.7 Å². The number of aryl methyl sites for hydroxylation is 1. The van der Waals surface area contributed by atoms with Crippen LogP contribution in [-0.4, -0.2) is 62.6 Å². The highest BCUT2D eigenvalue weighted by molar-refractivity contribution is 4.80. The molecule has 0 aromatic carbocycles. The second-order valence-electron chi connectivity index (χ2n) is 4.27. The highest BCUT2D eigenvalue weighted by atomic mass is 16.5. The second-order valence-corrected chi connectivity index (χ2v) is 4.27. The van der Waals surface area contributed by atoms with E-state index < -0.39 is 0 Å². The lowest BCUT2D eigenvalue weighted by Crippen LogP contribution is -2.37. The van der Waals surface area contributed by atoms with Crippen LogP contribution in [0.1, 0.15) is 18.7 Å². The van der Waals surface area contributed by atoms with Crippen molar-refractivity contribution in [1.29, 1.82) is 0 Å². The molecule has 0 spiro atoms. The molecular formula is C10H19N5O2. The first-order valence-electron chi connectivity index (χ1n) is 5.95. The van der Waals surface area contributed by atoms with Crippen molar-refractivity contribution in [3.63, 3.8) is 0 Å². The van der Waals surface area contributed by atoms with Gasteiger partial charge in [-0.05, 0) is 18.1 Å². The number of nitrogens with zero attached hydrogens (tertiary/aromatic N) is 5. The fourth-order valence-electron chi connectivity index (χ4n) is 2.04. The van der Waals surface area contributed by atoms with Crippen LogP contribution in [-0.2, 0) is 18.3 Å². The van der Waals surface area contributed by atoms with Crippen molar-refractivity contribution in [2.75, 3.05) is 26.3 Å². The molecule has 1 saturated heterocycles. The summed E-state index contributed by atoms with van der Waals surface area (Å²) in [4.78, 5) is 3.78. The van der Waals surface area contributed by atoms with Crippen LogP contribution in [0.15, 0.2) is 0 Å². The van der Waals surface area contributed by atoms with Crippen molar-refractivity contribution in [2.45, 2.75) is 25.5 Å². The Kier molecular flexibility index (Phi) is 4.41. The molecule has 0 atom stereocenters. The molecular weight excluding hydrogens is 222 g/mol. The molecule has 0 radical (unpaired) electrons. The Morgan fingerprint density at radius 3 is 2.76 bits per heavy atom. The summed E-state index contributed by atoms with van der Waals surface area (Å²) in [7, 11) is 1.77. The number of piperidine rings is 1. The molecule has 0 saturated carbocycles. The fraction of sp³-hybridized carbons (Fsp3) is 0.900. The molecule has 7 heteroatoms. The maximum Gasteiger partial charge on any atom is 0.188 e. The van der Waals surface area contributed by atoms with Gasteiger partial charge in [-0.3, -0.25) is 4.90 Å². The quantitative estimate of drug-likeness (QED) is 0.726. The summed E-state index contributed by atoms with van der Waals surface area (Å²) in [6, 6.07) is 0. The summed E-state index contributed by atoms with van der Waals surface area (Å²) in [5.41, 5.74) is 0. The number of hydrogen-bond acceptors (Lipinski definition) is 6. The lowest BCUT2D eigenvalue weighted by Gasteiger charge is -2.30. The Balaban J connectivity index is 1.72. The molecule has 0 aliphatic carbocycles. The SMILES string of the molecule is Cn1nnc(CN2CCC(OCCO)CC2)n1. The number of ether oxygens (including phenoxy) is 1. The van der Waals surface area contributed by atoms with Crippen LogP contribution in [0.2, 0.25) is 0 Å². The van der Waals surface area contributed by atoms with Crippen LogP contribution < -0.4 is 0 Å². The Morgan fingerprint density at radius 2 is 2.18 bits per heavy atom. The Hall–Kier alpha value is -1.05. The van der Waals surface area contributed by atoms with Gasteiger partial charge in [0.2, 0.25) is 0 Å². The lowest BCUT2D eigenvalue weighted by atomic mass is 10.1. The highest BCUT2D eigenvalue weighted by Gasteiger charge is 2.20. The van der Waals surface area contributed by atoms with E-state index in [9.17, 15) is 0 Å². The molecule has 1 aliphatic rings. The molecule has 0 bridgehead atoms. The van der Waals surface area contributed by atoms with Gasteiger partial charge in [-0.25, -0.2) is 0 Å². The number of likely N-dealkylation sites (tertiary alicyclic amines) is 1. The standard InChI is InChI=1S/C10H19N5O2/c1-14-12-10(11-13-14)8-15-4-2-9(3-5-15)17-7-6-16/h9,16H,2-8H2,1H3. The summed E-state index contributed by atoms with van der Waals surface area (Å²) in [6.07, 6.45) is 2.29. The summed E-state index contributed by atoms with van der Waals surface area (Å²) in [5, 5.41) is 20.6. The van der Waals surface area contributed by atoms with Gasteiger partial charge in [-0.1, -0.05) is 0 Å². The molecule has 1 aromatic rings. The van der Waals surface area contributed by atoms with Crippen molar-refractivity contribution in [3.05, 3.63) is 5.82 Å². The molecule has 7 nitrogen and oxygen atoms in total. The first-order chi connectivity index (χ1) is 8.28. The van der Waals surface area contributed by atoms with E-state index in [1.54, 1.807) is 7.05 Å². The average molecular weight is 241 g/mol. The van der Waals surface area contributed by atoms with Gasteiger partial charge in [0.15, 0.2) is 5.82 Å². The monoisotopic (exact) mass is 241 g/mol. The van der Waals surface area contributed by atoms with E-state index in [0.717, 1.165) is 38.3 Å². The first kappa shape index (κ1) is 12.4. The summed E-state index contributed by atoms with van der Waals surface area (Å²) in [5.74, 6) is 0.766. The van der Waals surface area contributed by atoms with Gasteiger partial charge < -0.3 is 9.84 Å². The third kappa shape index (κ3) is 3.72. The number of rotatable bonds is 5. The zero-order valence-electron chi connectivity index (χ0n) is 10.1. The van der Waals surface area contributed by atoms with Crippen LogP contribution in [0.4, 0.5) is 0 Å². The van der Waals surface area contributed by atoms with Crippen molar-refractivity contribution < 1.29 is 9.84 Å². The van der Waals surface area contributed by atoms with Crippen LogP contribution in [0.5, 0.6) is 0 Å². The molecule has 96 valence electrons. The molecule has 2 heterocycles. The minimum absolute atomic E-state index is 0.101. The van der Waals surface area contributed by atoms with Gasteiger partial charge in [0.1, 0.15) is 0 Å². The van der Waals surface area contributed by atoms with E-state index in [0.29, 0.717) is 6.61 Å². The maximum absolute atomic E-state index is 8.68. The predicted molar refractivity (Wildman–Crippen MR) is 60.1 cm³/mol. The first-order valence-corrected chi connectivity index (χ1v) is 5.95. The van der Waals surface area contributed by atoms with Gasteiger partial charge in [0.25, 0.3) is 0 Å². The highest BCUT2D eigenvalue weighted by Crippen LogP contribution is 2.14. The summed E-state index contributed by atoms with van der Waals surface area (Å²) in [6.45, 7) is 3.25. The smallest absolute Gasteiger partial charge is 0.188 e. The molecule has 1 fully saturated rings.